The number of pyridine rings is 1. The van der Waals surface area contributed by atoms with Crippen molar-refractivity contribution in [2.75, 3.05) is 6.54 Å². The van der Waals surface area contributed by atoms with E-state index in [1.165, 1.54) is 6.33 Å². The third-order valence-corrected chi connectivity index (χ3v) is 3.11. The Kier molecular flexibility index (Phi) is 2.09. The first kappa shape index (κ1) is 9.33. The van der Waals surface area contributed by atoms with Crippen LogP contribution in [0.4, 0.5) is 0 Å². The second kappa shape index (κ2) is 3.59. The number of hydrogen-bond acceptors (Lipinski definition) is 3. The molecule has 0 saturated carbocycles. The Morgan fingerprint density at radius 1 is 1.44 bits per heavy atom. The van der Waals surface area contributed by atoms with Crippen molar-refractivity contribution in [2.45, 2.75) is 18.9 Å². The number of aromatic nitrogens is 3. The van der Waals surface area contributed by atoms with Crippen LogP contribution in [0.25, 0.3) is 5.65 Å². The third-order valence-electron chi connectivity index (χ3n) is 3.11. The smallest absolute Gasteiger partial charge is 0.210 e. The van der Waals surface area contributed by atoms with Crippen molar-refractivity contribution in [3.8, 4) is 0 Å². The van der Waals surface area contributed by atoms with Gasteiger partial charge in [0.2, 0.25) is 6.41 Å². The maximum Gasteiger partial charge on any atom is 0.210 e. The molecule has 1 amide bonds. The molecule has 16 heavy (non-hydrogen) atoms. The topological polar surface area (TPSA) is 50.5 Å². The summed E-state index contributed by atoms with van der Waals surface area (Å²) in [5.41, 5.74) is 1.96. The summed E-state index contributed by atoms with van der Waals surface area (Å²) in [6.45, 7) is 0.851. The van der Waals surface area contributed by atoms with Crippen molar-refractivity contribution < 1.29 is 4.79 Å². The highest BCUT2D eigenvalue weighted by atomic mass is 16.1. The summed E-state index contributed by atoms with van der Waals surface area (Å²) >= 11 is 0. The summed E-state index contributed by atoms with van der Waals surface area (Å²) in [6, 6.07) is 4.16. The molecule has 1 saturated heterocycles. The van der Waals surface area contributed by atoms with Crippen molar-refractivity contribution in [1.82, 2.24) is 19.5 Å². The maximum atomic E-state index is 10.9. The van der Waals surface area contributed by atoms with Crippen molar-refractivity contribution in [3.63, 3.8) is 0 Å². The predicted molar refractivity (Wildman–Crippen MR) is 57.7 cm³/mol. The SMILES string of the molecule is O=CN1CCCC1c1ccc2ncnn2c1. The van der Waals surface area contributed by atoms with Gasteiger partial charge in [0.15, 0.2) is 5.65 Å². The van der Waals surface area contributed by atoms with Crippen LogP contribution in [0.3, 0.4) is 0 Å². The minimum Gasteiger partial charge on any atom is -0.338 e. The fourth-order valence-electron chi connectivity index (χ4n) is 2.30. The molecule has 0 N–H and O–H groups in total. The number of carbonyl (C=O) groups is 1. The van der Waals surface area contributed by atoms with Gasteiger partial charge in [0.1, 0.15) is 6.33 Å². The zero-order valence-corrected chi connectivity index (χ0v) is 8.78. The molecule has 5 heteroatoms. The molecule has 1 fully saturated rings. The molecule has 1 unspecified atom stereocenters. The van der Waals surface area contributed by atoms with E-state index in [0.717, 1.165) is 37.0 Å². The van der Waals surface area contributed by atoms with E-state index in [4.69, 9.17) is 0 Å². The van der Waals surface area contributed by atoms with Gasteiger partial charge in [-0.1, -0.05) is 6.07 Å². The first-order valence-corrected chi connectivity index (χ1v) is 5.39. The fourth-order valence-corrected chi connectivity index (χ4v) is 2.30. The summed E-state index contributed by atoms with van der Waals surface area (Å²) in [5, 5.41) is 4.10. The van der Waals surface area contributed by atoms with E-state index < -0.39 is 0 Å². The lowest BCUT2D eigenvalue weighted by Gasteiger charge is -2.19. The summed E-state index contributed by atoms with van der Waals surface area (Å²) < 4.78 is 1.75. The maximum absolute atomic E-state index is 10.9. The van der Waals surface area contributed by atoms with Crippen molar-refractivity contribution in [2.24, 2.45) is 0 Å². The third kappa shape index (κ3) is 1.36. The monoisotopic (exact) mass is 216 g/mol. The first-order chi connectivity index (χ1) is 7.88. The van der Waals surface area contributed by atoms with Crippen LogP contribution < -0.4 is 0 Å². The predicted octanol–water partition coefficient (Wildman–Crippen LogP) is 1.02. The molecule has 1 aliphatic rings. The zero-order valence-electron chi connectivity index (χ0n) is 8.78. The second-order valence-electron chi connectivity index (χ2n) is 4.03. The van der Waals surface area contributed by atoms with Crippen LogP contribution >= 0.6 is 0 Å². The highest BCUT2D eigenvalue weighted by Crippen LogP contribution is 2.30. The quantitative estimate of drug-likeness (QED) is 0.704. The number of fused-ring (bicyclic) bond motifs is 1. The molecule has 82 valence electrons. The van der Waals surface area contributed by atoms with Crippen LogP contribution in [0, 0.1) is 0 Å². The lowest BCUT2D eigenvalue weighted by atomic mass is 10.1. The Hall–Kier alpha value is -1.91. The number of rotatable bonds is 2. The van der Waals surface area contributed by atoms with E-state index >= 15 is 0 Å². The molecule has 0 aliphatic carbocycles. The molecular weight excluding hydrogens is 204 g/mol. The van der Waals surface area contributed by atoms with Gasteiger partial charge in [-0.3, -0.25) is 4.79 Å². The van der Waals surface area contributed by atoms with E-state index in [2.05, 4.69) is 10.1 Å². The van der Waals surface area contributed by atoms with Crippen molar-refractivity contribution in [3.05, 3.63) is 30.2 Å². The highest BCUT2D eigenvalue weighted by Gasteiger charge is 2.24. The van der Waals surface area contributed by atoms with Gasteiger partial charge in [-0.05, 0) is 24.5 Å². The van der Waals surface area contributed by atoms with Gasteiger partial charge in [-0.2, -0.15) is 5.10 Å². The molecule has 2 aromatic heterocycles. The molecule has 5 nitrogen and oxygen atoms in total. The minimum absolute atomic E-state index is 0.200. The van der Waals surface area contributed by atoms with Gasteiger partial charge in [0, 0.05) is 12.7 Å². The number of carbonyl (C=O) groups excluding carboxylic acids is 1. The molecule has 0 spiro atoms. The lowest BCUT2D eigenvalue weighted by molar-refractivity contribution is -0.118. The van der Waals surface area contributed by atoms with E-state index in [1.807, 2.05) is 23.2 Å². The molecule has 3 rings (SSSR count). The summed E-state index contributed by atoms with van der Waals surface area (Å²) in [5.74, 6) is 0. The lowest BCUT2D eigenvalue weighted by Crippen LogP contribution is -2.21. The number of nitrogens with zero attached hydrogens (tertiary/aromatic N) is 4. The Labute approximate surface area is 92.7 Å². The number of amides is 1. The normalized spacial score (nSPS) is 20.5. The second-order valence-corrected chi connectivity index (χ2v) is 4.03. The van der Waals surface area contributed by atoms with Crippen LogP contribution in [0.2, 0.25) is 0 Å². The van der Waals surface area contributed by atoms with Crippen LogP contribution in [-0.4, -0.2) is 32.5 Å². The van der Waals surface area contributed by atoms with Gasteiger partial charge in [0.05, 0.1) is 6.04 Å². The molecule has 0 bridgehead atoms. The van der Waals surface area contributed by atoms with Gasteiger partial charge >= 0.3 is 0 Å². The van der Waals surface area contributed by atoms with Gasteiger partial charge in [0.25, 0.3) is 0 Å². The number of likely N-dealkylation sites (tertiary alicyclic amines) is 1. The summed E-state index contributed by atoms with van der Waals surface area (Å²) in [7, 11) is 0. The van der Waals surface area contributed by atoms with E-state index in [-0.39, 0.29) is 6.04 Å². The summed E-state index contributed by atoms with van der Waals surface area (Å²) in [6.07, 6.45) is 6.51. The molecule has 1 aliphatic heterocycles. The average Bonchev–Trinajstić information content (AvgIpc) is 2.96. The standard InChI is InChI=1S/C11H12N4O/c16-8-14-5-1-2-10(14)9-3-4-11-12-7-13-15(11)6-9/h3-4,6-8,10H,1-2,5H2. The van der Waals surface area contributed by atoms with Crippen molar-refractivity contribution >= 4 is 12.1 Å². The van der Waals surface area contributed by atoms with Crippen LogP contribution in [0.15, 0.2) is 24.7 Å². The Bertz CT molecular complexity index is 521. The molecule has 3 heterocycles. The van der Waals surface area contributed by atoms with Crippen LogP contribution in [0.1, 0.15) is 24.4 Å². The largest absolute Gasteiger partial charge is 0.338 e. The van der Waals surface area contributed by atoms with Crippen molar-refractivity contribution in [1.29, 1.82) is 0 Å². The summed E-state index contributed by atoms with van der Waals surface area (Å²) in [4.78, 5) is 16.8. The molecule has 0 radical (unpaired) electrons. The van der Waals surface area contributed by atoms with Gasteiger partial charge in [-0.25, -0.2) is 9.50 Å². The Morgan fingerprint density at radius 2 is 2.38 bits per heavy atom. The molecule has 1 atom stereocenters. The van der Waals surface area contributed by atoms with E-state index in [0.29, 0.717) is 0 Å². The first-order valence-electron chi connectivity index (χ1n) is 5.39. The zero-order chi connectivity index (χ0) is 11.0. The van der Waals surface area contributed by atoms with E-state index in [9.17, 15) is 4.79 Å². The number of hydrogen-bond donors (Lipinski definition) is 0. The fraction of sp³-hybridized carbons (Fsp3) is 0.364. The van der Waals surface area contributed by atoms with E-state index in [1.54, 1.807) is 4.52 Å². The molecular formula is C11H12N4O. The van der Waals surface area contributed by atoms with Gasteiger partial charge < -0.3 is 4.90 Å². The van der Waals surface area contributed by atoms with Crippen LogP contribution in [-0.2, 0) is 4.79 Å². The van der Waals surface area contributed by atoms with Gasteiger partial charge in [-0.15, -0.1) is 0 Å². The average molecular weight is 216 g/mol. The molecule has 0 aromatic carbocycles. The Balaban J connectivity index is 2.01. The minimum atomic E-state index is 0.200. The molecule has 2 aromatic rings. The van der Waals surface area contributed by atoms with Crippen LogP contribution in [0.5, 0.6) is 0 Å². The highest BCUT2D eigenvalue weighted by molar-refractivity contribution is 5.50. The Morgan fingerprint density at radius 3 is 3.25 bits per heavy atom.